The van der Waals surface area contributed by atoms with Crippen LogP contribution < -0.4 is 5.32 Å². The smallest absolute Gasteiger partial charge is 0.221 e. The molecule has 1 fully saturated rings. The number of carbonyl (C=O) groups excluding carboxylic acids is 1. The minimum atomic E-state index is 0.0418. The van der Waals surface area contributed by atoms with E-state index in [1.54, 1.807) is 4.68 Å². The Labute approximate surface area is 142 Å². The van der Waals surface area contributed by atoms with Crippen LogP contribution in [0, 0.1) is 6.92 Å². The average Bonchev–Trinajstić information content (AvgIpc) is 3.25. The van der Waals surface area contributed by atoms with E-state index in [0.29, 0.717) is 25.4 Å². The van der Waals surface area contributed by atoms with Crippen LogP contribution in [0.25, 0.3) is 0 Å². The maximum atomic E-state index is 11.8. The fourth-order valence-electron chi connectivity index (χ4n) is 3.28. The van der Waals surface area contributed by atoms with E-state index in [1.807, 2.05) is 0 Å². The summed E-state index contributed by atoms with van der Waals surface area (Å²) in [5.74, 6) is 0.655. The second-order valence-corrected chi connectivity index (χ2v) is 6.32. The molecular formula is C17H24N6O. The van der Waals surface area contributed by atoms with Gasteiger partial charge in [0.15, 0.2) is 0 Å². The normalized spacial score (nSPS) is 18.0. The third kappa shape index (κ3) is 4.38. The zero-order chi connectivity index (χ0) is 16.8. The SMILES string of the molecule is Cc1ccccc1[C@H]1CCN(CCNC(=O)CCn2cnnn2)C1. The summed E-state index contributed by atoms with van der Waals surface area (Å²) in [4.78, 5) is 14.3. The Morgan fingerprint density at radius 2 is 2.21 bits per heavy atom. The second kappa shape index (κ2) is 8.01. The van der Waals surface area contributed by atoms with Crippen LogP contribution in [0.3, 0.4) is 0 Å². The molecule has 0 radical (unpaired) electrons. The van der Waals surface area contributed by atoms with E-state index in [2.05, 4.69) is 56.9 Å². The first-order valence-corrected chi connectivity index (χ1v) is 8.48. The van der Waals surface area contributed by atoms with Gasteiger partial charge in [0.25, 0.3) is 0 Å². The number of benzene rings is 1. The third-order valence-electron chi connectivity index (χ3n) is 4.61. The maximum Gasteiger partial charge on any atom is 0.221 e. The van der Waals surface area contributed by atoms with Crippen LogP contribution in [0.5, 0.6) is 0 Å². The highest BCUT2D eigenvalue weighted by molar-refractivity contribution is 5.75. The molecule has 7 heteroatoms. The molecular weight excluding hydrogens is 304 g/mol. The number of rotatable bonds is 7. The van der Waals surface area contributed by atoms with Gasteiger partial charge in [-0.25, -0.2) is 4.68 Å². The average molecular weight is 328 g/mol. The Kier molecular flexibility index (Phi) is 5.53. The van der Waals surface area contributed by atoms with Crippen molar-refractivity contribution in [3.05, 3.63) is 41.7 Å². The number of likely N-dealkylation sites (tertiary alicyclic amines) is 1. The van der Waals surface area contributed by atoms with E-state index in [9.17, 15) is 4.79 Å². The van der Waals surface area contributed by atoms with Crippen molar-refractivity contribution in [2.75, 3.05) is 26.2 Å². The van der Waals surface area contributed by atoms with Crippen molar-refractivity contribution in [1.29, 1.82) is 0 Å². The van der Waals surface area contributed by atoms with Crippen LogP contribution in [0.15, 0.2) is 30.6 Å². The van der Waals surface area contributed by atoms with Crippen LogP contribution in [0.2, 0.25) is 0 Å². The third-order valence-corrected chi connectivity index (χ3v) is 4.61. The molecule has 1 amide bonds. The molecule has 7 nitrogen and oxygen atoms in total. The molecule has 1 aromatic heterocycles. The lowest BCUT2D eigenvalue weighted by molar-refractivity contribution is -0.121. The molecule has 0 aliphatic carbocycles. The number of carbonyl (C=O) groups is 1. The molecule has 128 valence electrons. The van der Waals surface area contributed by atoms with Crippen molar-refractivity contribution in [2.45, 2.75) is 32.2 Å². The van der Waals surface area contributed by atoms with Crippen LogP contribution in [-0.2, 0) is 11.3 Å². The summed E-state index contributed by atoms with van der Waals surface area (Å²) in [6, 6.07) is 8.64. The Morgan fingerprint density at radius 1 is 1.33 bits per heavy atom. The highest BCUT2D eigenvalue weighted by Gasteiger charge is 2.24. The first-order valence-electron chi connectivity index (χ1n) is 8.48. The number of amides is 1. The molecule has 2 aromatic rings. The Morgan fingerprint density at radius 3 is 3.00 bits per heavy atom. The number of tetrazole rings is 1. The van der Waals surface area contributed by atoms with Crippen molar-refractivity contribution >= 4 is 5.91 Å². The van der Waals surface area contributed by atoms with Gasteiger partial charge in [0.1, 0.15) is 6.33 Å². The van der Waals surface area contributed by atoms with Crippen molar-refractivity contribution in [3.63, 3.8) is 0 Å². The highest BCUT2D eigenvalue weighted by Crippen LogP contribution is 2.28. The van der Waals surface area contributed by atoms with Crippen molar-refractivity contribution < 1.29 is 4.79 Å². The number of hydrogen-bond acceptors (Lipinski definition) is 5. The number of nitrogens with zero attached hydrogens (tertiary/aromatic N) is 5. The first-order chi connectivity index (χ1) is 11.7. The van der Waals surface area contributed by atoms with Gasteiger partial charge in [-0.3, -0.25) is 4.79 Å². The van der Waals surface area contributed by atoms with Crippen molar-refractivity contribution in [1.82, 2.24) is 30.4 Å². The number of aryl methyl sites for hydroxylation is 2. The van der Waals surface area contributed by atoms with Gasteiger partial charge < -0.3 is 10.2 Å². The Hall–Kier alpha value is -2.28. The molecule has 2 heterocycles. The zero-order valence-corrected chi connectivity index (χ0v) is 14.1. The molecule has 24 heavy (non-hydrogen) atoms. The largest absolute Gasteiger partial charge is 0.355 e. The standard InChI is InChI=1S/C17H24N6O/c1-14-4-2-3-5-16(14)15-6-9-22(12-15)11-8-18-17(24)7-10-23-13-19-20-21-23/h2-5,13,15H,6-12H2,1H3,(H,18,24)/t15-/m0/s1. The fraction of sp³-hybridized carbons (Fsp3) is 0.529. The summed E-state index contributed by atoms with van der Waals surface area (Å²) in [5.41, 5.74) is 2.84. The molecule has 0 spiro atoms. The van der Waals surface area contributed by atoms with E-state index >= 15 is 0 Å². The van der Waals surface area contributed by atoms with Gasteiger partial charge in [-0.15, -0.1) is 5.10 Å². The highest BCUT2D eigenvalue weighted by atomic mass is 16.1. The first kappa shape index (κ1) is 16.6. The van der Waals surface area contributed by atoms with Crippen LogP contribution >= 0.6 is 0 Å². The maximum absolute atomic E-state index is 11.8. The summed E-state index contributed by atoms with van der Waals surface area (Å²) in [6.45, 7) is 6.46. The quantitative estimate of drug-likeness (QED) is 0.820. The van der Waals surface area contributed by atoms with Gasteiger partial charge in [0, 0.05) is 26.1 Å². The summed E-state index contributed by atoms with van der Waals surface area (Å²) in [6.07, 6.45) is 3.11. The summed E-state index contributed by atoms with van der Waals surface area (Å²) >= 11 is 0. The van der Waals surface area contributed by atoms with E-state index < -0.39 is 0 Å². The van der Waals surface area contributed by atoms with Crippen LogP contribution in [0.1, 0.15) is 29.9 Å². The summed E-state index contributed by atoms with van der Waals surface area (Å²) in [7, 11) is 0. The molecule has 1 aromatic carbocycles. The number of nitrogens with one attached hydrogen (secondary N) is 1. The fourth-order valence-corrected chi connectivity index (χ4v) is 3.28. The van der Waals surface area contributed by atoms with Gasteiger partial charge in [0.2, 0.25) is 5.91 Å². The predicted molar refractivity (Wildman–Crippen MR) is 90.4 cm³/mol. The molecule has 1 atom stereocenters. The van der Waals surface area contributed by atoms with E-state index in [-0.39, 0.29) is 5.91 Å². The minimum Gasteiger partial charge on any atom is -0.355 e. The van der Waals surface area contributed by atoms with Crippen LogP contribution in [-0.4, -0.2) is 57.2 Å². The number of hydrogen-bond donors (Lipinski definition) is 1. The monoisotopic (exact) mass is 328 g/mol. The van der Waals surface area contributed by atoms with Gasteiger partial charge in [-0.05, 0) is 47.4 Å². The van der Waals surface area contributed by atoms with Gasteiger partial charge in [-0.1, -0.05) is 24.3 Å². The van der Waals surface area contributed by atoms with Gasteiger partial charge in [-0.2, -0.15) is 0 Å². The lowest BCUT2D eigenvalue weighted by Crippen LogP contribution is -2.34. The molecule has 1 aliphatic rings. The van der Waals surface area contributed by atoms with E-state index in [1.165, 1.54) is 23.9 Å². The van der Waals surface area contributed by atoms with Crippen molar-refractivity contribution in [3.8, 4) is 0 Å². The minimum absolute atomic E-state index is 0.0418. The Balaban J connectivity index is 1.36. The molecule has 0 saturated carbocycles. The van der Waals surface area contributed by atoms with E-state index in [4.69, 9.17) is 0 Å². The summed E-state index contributed by atoms with van der Waals surface area (Å²) in [5, 5.41) is 13.8. The van der Waals surface area contributed by atoms with Crippen molar-refractivity contribution in [2.24, 2.45) is 0 Å². The summed E-state index contributed by atoms with van der Waals surface area (Å²) < 4.78 is 1.56. The second-order valence-electron chi connectivity index (χ2n) is 6.32. The molecule has 0 bridgehead atoms. The molecule has 1 saturated heterocycles. The lowest BCUT2D eigenvalue weighted by Gasteiger charge is -2.17. The zero-order valence-electron chi connectivity index (χ0n) is 14.1. The van der Waals surface area contributed by atoms with Gasteiger partial charge in [0.05, 0.1) is 6.54 Å². The predicted octanol–water partition coefficient (Wildman–Crippen LogP) is 0.977. The lowest BCUT2D eigenvalue weighted by atomic mass is 9.94. The van der Waals surface area contributed by atoms with E-state index in [0.717, 1.165) is 19.6 Å². The molecule has 1 aliphatic heterocycles. The molecule has 0 unspecified atom stereocenters. The molecule has 3 rings (SSSR count). The number of aromatic nitrogens is 4. The Bertz CT molecular complexity index is 657. The van der Waals surface area contributed by atoms with Crippen LogP contribution in [0.4, 0.5) is 0 Å². The van der Waals surface area contributed by atoms with Gasteiger partial charge >= 0.3 is 0 Å². The molecule has 1 N–H and O–H groups in total. The topological polar surface area (TPSA) is 75.9 Å².